The van der Waals surface area contributed by atoms with Crippen LogP contribution in [-0.2, 0) is 14.2 Å². The molecule has 0 fully saturated rings. The van der Waals surface area contributed by atoms with Gasteiger partial charge in [0, 0.05) is 7.11 Å². The Balaban J connectivity index is 4.44. The van der Waals surface area contributed by atoms with E-state index in [9.17, 15) is 5.11 Å². The first-order valence-corrected chi connectivity index (χ1v) is 6.50. The van der Waals surface area contributed by atoms with Crippen molar-refractivity contribution < 1.29 is 19.3 Å². The number of aliphatic hydroxyl groups excluding tert-OH is 1. The van der Waals surface area contributed by atoms with Gasteiger partial charge in [0.2, 0.25) is 0 Å². The number of rotatable bonds is 7. The average Bonchev–Trinajstić information content (AvgIpc) is 2.12. The molecule has 2 atom stereocenters. The molecule has 0 aliphatic heterocycles. The smallest absolute Gasteiger partial charge is 0.181 e. The van der Waals surface area contributed by atoms with Crippen LogP contribution in [0.1, 0.15) is 48.0 Å². The van der Waals surface area contributed by atoms with Crippen molar-refractivity contribution in [2.24, 2.45) is 5.41 Å². The van der Waals surface area contributed by atoms with Gasteiger partial charge in [-0.1, -0.05) is 20.8 Å². The zero-order valence-corrected chi connectivity index (χ0v) is 12.9. The Morgan fingerprint density at radius 3 is 1.94 bits per heavy atom. The van der Waals surface area contributed by atoms with Gasteiger partial charge in [-0.25, -0.2) is 0 Å². The number of methoxy groups -OCH3 is 1. The van der Waals surface area contributed by atoms with Crippen LogP contribution < -0.4 is 0 Å². The third-order valence-electron chi connectivity index (χ3n) is 2.18. The summed E-state index contributed by atoms with van der Waals surface area (Å²) < 4.78 is 16.7. The molecule has 0 aromatic carbocycles. The van der Waals surface area contributed by atoms with E-state index in [2.05, 4.69) is 20.8 Å². The van der Waals surface area contributed by atoms with Crippen molar-refractivity contribution in [2.75, 3.05) is 20.3 Å². The first-order valence-electron chi connectivity index (χ1n) is 6.50. The lowest BCUT2D eigenvalue weighted by atomic mass is 9.89. The lowest BCUT2D eigenvalue weighted by molar-refractivity contribution is -0.239. The van der Waals surface area contributed by atoms with E-state index in [0.29, 0.717) is 6.61 Å². The lowest BCUT2D eigenvalue weighted by Crippen LogP contribution is -2.37. The first kappa shape index (κ1) is 17.8. The van der Waals surface area contributed by atoms with Gasteiger partial charge in [0.15, 0.2) is 6.29 Å². The van der Waals surface area contributed by atoms with E-state index in [1.165, 1.54) is 0 Å². The van der Waals surface area contributed by atoms with Crippen LogP contribution in [0.3, 0.4) is 0 Å². The summed E-state index contributed by atoms with van der Waals surface area (Å²) in [6.45, 7) is 12.6. The molecule has 0 aliphatic carbocycles. The van der Waals surface area contributed by atoms with Crippen molar-refractivity contribution in [3.63, 3.8) is 0 Å². The Labute approximate surface area is 112 Å². The molecule has 0 spiro atoms. The normalized spacial score (nSPS) is 16.7. The highest BCUT2D eigenvalue weighted by Crippen LogP contribution is 2.24. The van der Waals surface area contributed by atoms with E-state index in [0.717, 1.165) is 6.42 Å². The molecule has 0 saturated heterocycles. The number of ether oxygens (including phenoxy) is 3. The van der Waals surface area contributed by atoms with E-state index < -0.39 is 6.29 Å². The van der Waals surface area contributed by atoms with E-state index >= 15 is 0 Å². The van der Waals surface area contributed by atoms with Gasteiger partial charge < -0.3 is 19.3 Å². The zero-order chi connectivity index (χ0) is 14.4. The molecule has 4 nitrogen and oxygen atoms in total. The minimum atomic E-state index is -0.450. The fraction of sp³-hybridized carbons (Fsp3) is 1.00. The molecular weight excluding hydrogens is 232 g/mol. The second-order valence-electron chi connectivity index (χ2n) is 6.82. The summed E-state index contributed by atoms with van der Waals surface area (Å²) in [7, 11) is 1.61. The van der Waals surface area contributed by atoms with Crippen LogP contribution in [0, 0.1) is 5.41 Å². The summed E-state index contributed by atoms with van der Waals surface area (Å²) in [5.41, 5.74) is -0.197. The Kier molecular flexibility index (Phi) is 7.37. The fourth-order valence-electron chi connectivity index (χ4n) is 1.68. The summed E-state index contributed by atoms with van der Waals surface area (Å²) in [4.78, 5) is 0. The maximum atomic E-state index is 9.38. The highest BCUT2D eigenvalue weighted by molar-refractivity contribution is 4.70. The standard InChI is InChI=1S/C14H30O4/c1-13(2,3)8-11(9-15)17-12(10-16-7)18-14(4,5)6/h11-12,15H,8-10H2,1-7H3. The first-order chi connectivity index (χ1) is 8.07. The topological polar surface area (TPSA) is 47.9 Å². The van der Waals surface area contributed by atoms with Crippen molar-refractivity contribution >= 4 is 0 Å². The van der Waals surface area contributed by atoms with E-state index in [1.54, 1.807) is 7.11 Å². The predicted octanol–water partition coefficient (Wildman–Crippen LogP) is 2.59. The maximum Gasteiger partial charge on any atom is 0.181 e. The number of aliphatic hydroxyl groups is 1. The predicted molar refractivity (Wildman–Crippen MR) is 72.5 cm³/mol. The van der Waals surface area contributed by atoms with E-state index in [1.807, 2.05) is 20.8 Å². The molecule has 0 aromatic rings. The molecule has 4 heteroatoms. The number of hydrogen-bond donors (Lipinski definition) is 1. The third kappa shape index (κ3) is 9.83. The summed E-state index contributed by atoms with van der Waals surface area (Å²) in [5.74, 6) is 0. The number of hydrogen-bond acceptors (Lipinski definition) is 4. The van der Waals surface area contributed by atoms with Gasteiger partial charge in [0.25, 0.3) is 0 Å². The van der Waals surface area contributed by atoms with Crippen LogP contribution in [-0.4, -0.2) is 43.4 Å². The van der Waals surface area contributed by atoms with Gasteiger partial charge in [-0.2, -0.15) is 0 Å². The summed E-state index contributed by atoms with van der Waals surface area (Å²) in [6.07, 6.45) is 0.0963. The van der Waals surface area contributed by atoms with Crippen LogP contribution in [0.25, 0.3) is 0 Å². The van der Waals surface area contributed by atoms with Gasteiger partial charge in [0.1, 0.15) is 0 Å². The van der Waals surface area contributed by atoms with E-state index in [4.69, 9.17) is 14.2 Å². The van der Waals surface area contributed by atoms with Gasteiger partial charge in [-0.15, -0.1) is 0 Å². The van der Waals surface area contributed by atoms with Crippen molar-refractivity contribution in [1.29, 1.82) is 0 Å². The van der Waals surface area contributed by atoms with Gasteiger partial charge >= 0.3 is 0 Å². The van der Waals surface area contributed by atoms with Crippen LogP contribution >= 0.6 is 0 Å². The van der Waals surface area contributed by atoms with Gasteiger partial charge in [0.05, 0.1) is 24.9 Å². The molecule has 1 N–H and O–H groups in total. The fourth-order valence-corrected chi connectivity index (χ4v) is 1.68. The molecule has 18 heavy (non-hydrogen) atoms. The lowest BCUT2D eigenvalue weighted by Gasteiger charge is -2.32. The van der Waals surface area contributed by atoms with E-state index in [-0.39, 0.29) is 23.7 Å². The molecule has 0 aliphatic rings. The maximum absolute atomic E-state index is 9.38. The summed E-state index contributed by atoms with van der Waals surface area (Å²) >= 11 is 0. The highest BCUT2D eigenvalue weighted by Gasteiger charge is 2.25. The van der Waals surface area contributed by atoms with Crippen LogP contribution in [0.4, 0.5) is 0 Å². The SMILES string of the molecule is COCC(OC(CO)CC(C)(C)C)OC(C)(C)C. The van der Waals surface area contributed by atoms with Crippen LogP contribution in [0.2, 0.25) is 0 Å². The van der Waals surface area contributed by atoms with Gasteiger partial charge in [-0.05, 0) is 32.6 Å². The molecule has 0 aromatic heterocycles. The Morgan fingerprint density at radius 2 is 1.61 bits per heavy atom. The quantitative estimate of drug-likeness (QED) is 0.716. The molecule has 0 bridgehead atoms. The Hall–Kier alpha value is -0.160. The summed E-state index contributed by atoms with van der Waals surface area (Å²) in [5, 5.41) is 9.38. The van der Waals surface area contributed by atoms with Crippen LogP contribution in [0.15, 0.2) is 0 Å². The van der Waals surface area contributed by atoms with Gasteiger partial charge in [-0.3, -0.25) is 0 Å². The molecule has 0 heterocycles. The second kappa shape index (κ2) is 7.43. The van der Waals surface area contributed by atoms with Crippen molar-refractivity contribution in [3.8, 4) is 0 Å². The zero-order valence-electron chi connectivity index (χ0n) is 12.9. The highest BCUT2D eigenvalue weighted by atomic mass is 16.7. The minimum Gasteiger partial charge on any atom is -0.394 e. The molecular formula is C14H30O4. The third-order valence-corrected chi connectivity index (χ3v) is 2.18. The molecule has 2 unspecified atom stereocenters. The van der Waals surface area contributed by atoms with Crippen molar-refractivity contribution in [1.82, 2.24) is 0 Å². The van der Waals surface area contributed by atoms with Crippen molar-refractivity contribution in [2.45, 2.75) is 66.0 Å². The molecule has 110 valence electrons. The largest absolute Gasteiger partial charge is 0.394 e. The minimum absolute atomic E-state index is 0.00894. The Morgan fingerprint density at radius 1 is 1.06 bits per heavy atom. The molecule has 0 saturated carbocycles. The average molecular weight is 262 g/mol. The molecule has 0 amide bonds. The molecule has 0 rings (SSSR count). The van der Waals surface area contributed by atoms with Crippen LogP contribution in [0.5, 0.6) is 0 Å². The van der Waals surface area contributed by atoms with Crippen molar-refractivity contribution in [3.05, 3.63) is 0 Å². The molecule has 0 radical (unpaired) electrons. The monoisotopic (exact) mass is 262 g/mol. The second-order valence-corrected chi connectivity index (χ2v) is 6.82. The summed E-state index contributed by atoms with van der Waals surface area (Å²) in [6, 6.07) is 0. The Bertz CT molecular complexity index is 215.